The van der Waals surface area contributed by atoms with E-state index in [9.17, 15) is 13.2 Å². The SMILES string of the molecule is CNC(COCc1ccccc1F)c1cccc(F)c1F. The Labute approximate surface area is 121 Å². The van der Waals surface area contributed by atoms with Crippen LogP contribution >= 0.6 is 0 Å². The van der Waals surface area contributed by atoms with E-state index >= 15 is 0 Å². The molecule has 0 aliphatic heterocycles. The van der Waals surface area contributed by atoms with Gasteiger partial charge in [0, 0.05) is 11.1 Å². The van der Waals surface area contributed by atoms with Gasteiger partial charge in [-0.1, -0.05) is 30.3 Å². The fourth-order valence-electron chi connectivity index (χ4n) is 2.02. The third-order valence-electron chi connectivity index (χ3n) is 3.21. The molecule has 5 heteroatoms. The fraction of sp³-hybridized carbons (Fsp3) is 0.250. The lowest BCUT2D eigenvalue weighted by Crippen LogP contribution is -2.23. The summed E-state index contributed by atoms with van der Waals surface area (Å²) < 4.78 is 45.8. The lowest BCUT2D eigenvalue weighted by Gasteiger charge is -2.18. The van der Waals surface area contributed by atoms with Gasteiger partial charge in [-0.05, 0) is 19.2 Å². The van der Waals surface area contributed by atoms with Crippen molar-refractivity contribution in [2.75, 3.05) is 13.7 Å². The van der Waals surface area contributed by atoms with Gasteiger partial charge in [0.2, 0.25) is 0 Å². The summed E-state index contributed by atoms with van der Waals surface area (Å²) in [4.78, 5) is 0. The largest absolute Gasteiger partial charge is 0.375 e. The quantitative estimate of drug-likeness (QED) is 0.879. The number of halogens is 3. The molecule has 0 aromatic heterocycles. The third kappa shape index (κ3) is 3.83. The predicted octanol–water partition coefficient (Wildman–Crippen LogP) is 3.58. The maximum Gasteiger partial charge on any atom is 0.163 e. The van der Waals surface area contributed by atoms with Gasteiger partial charge in [0.05, 0.1) is 19.3 Å². The molecule has 0 saturated carbocycles. The molecule has 112 valence electrons. The van der Waals surface area contributed by atoms with Gasteiger partial charge in [-0.2, -0.15) is 0 Å². The van der Waals surface area contributed by atoms with E-state index in [1.54, 1.807) is 25.2 Å². The van der Waals surface area contributed by atoms with E-state index in [0.717, 1.165) is 6.07 Å². The van der Waals surface area contributed by atoms with Crippen LogP contribution < -0.4 is 5.32 Å². The summed E-state index contributed by atoms with van der Waals surface area (Å²) in [5.41, 5.74) is 0.609. The molecule has 0 fully saturated rings. The first-order valence-electron chi connectivity index (χ1n) is 6.55. The molecule has 0 aliphatic rings. The molecule has 21 heavy (non-hydrogen) atoms. The van der Waals surface area contributed by atoms with E-state index in [1.165, 1.54) is 18.2 Å². The molecule has 2 aromatic rings. The summed E-state index contributed by atoms with van der Waals surface area (Å²) in [7, 11) is 1.63. The molecule has 0 amide bonds. The number of nitrogens with one attached hydrogen (secondary N) is 1. The van der Waals surface area contributed by atoms with Crippen LogP contribution in [-0.2, 0) is 11.3 Å². The Balaban J connectivity index is 2.00. The van der Waals surface area contributed by atoms with Crippen LogP contribution in [0.3, 0.4) is 0 Å². The Hall–Kier alpha value is -1.85. The van der Waals surface area contributed by atoms with Gasteiger partial charge in [0.25, 0.3) is 0 Å². The van der Waals surface area contributed by atoms with Crippen molar-refractivity contribution >= 4 is 0 Å². The molecular weight excluding hydrogens is 279 g/mol. The zero-order valence-corrected chi connectivity index (χ0v) is 11.6. The Morgan fingerprint density at radius 3 is 2.43 bits per heavy atom. The minimum atomic E-state index is -0.901. The lowest BCUT2D eigenvalue weighted by molar-refractivity contribution is 0.0975. The molecular formula is C16H16F3NO. The Kier molecular flexibility index (Phi) is 5.36. The molecule has 2 rings (SSSR count). The molecule has 0 bridgehead atoms. The van der Waals surface area contributed by atoms with Crippen LogP contribution in [0.5, 0.6) is 0 Å². The summed E-state index contributed by atoms with van der Waals surface area (Å²) in [6.45, 7) is 0.174. The minimum absolute atomic E-state index is 0.0712. The number of ether oxygens (including phenoxy) is 1. The number of rotatable bonds is 6. The van der Waals surface area contributed by atoms with Crippen molar-refractivity contribution in [2.45, 2.75) is 12.6 Å². The van der Waals surface area contributed by atoms with Crippen LogP contribution in [0.1, 0.15) is 17.2 Å². The van der Waals surface area contributed by atoms with Crippen molar-refractivity contribution in [3.8, 4) is 0 Å². The van der Waals surface area contributed by atoms with Crippen molar-refractivity contribution in [2.24, 2.45) is 0 Å². The summed E-state index contributed by atoms with van der Waals surface area (Å²) in [6.07, 6.45) is 0. The van der Waals surface area contributed by atoms with E-state index in [-0.39, 0.29) is 24.6 Å². The lowest BCUT2D eigenvalue weighted by atomic mass is 10.1. The van der Waals surface area contributed by atoms with Gasteiger partial charge in [-0.15, -0.1) is 0 Å². The van der Waals surface area contributed by atoms with Crippen LogP contribution in [0.2, 0.25) is 0 Å². The second-order valence-electron chi connectivity index (χ2n) is 4.59. The third-order valence-corrected chi connectivity index (χ3v) is 3.21. The van der Waals surface area contributed by atoms with Crippen molar-refractivity contribution in [1.29, 1.82) is 0 Å². The summed E-state index contributed by atoms with van der Waals surface area (Å²) in [5.74, 6) is -2.15. The Bertz CT molecular complexity index is 604. The number of benzene rings is 2. The molecule has 0 aliphatic carbocycles. The van der Waals surface area contributed by atoms with E-state index < -0.39 is 17.7 Å². The first-order chi connectivity index (χ1) is 10.1. The van der Waals surface area contributed by atoms with Crippen molar-refractivity contribution in [3.05, 3.63) is 71.0 Å². The molecule has 1 atom stereocenters. The zero-order valence-electron chi connectivity index (χ0n) is 11.6. The maximum atomic E-state index is 13.7. The van der Waals surface area contributed by atoms with Crippen molar-refractivity contribution < 1.29 is 17.9 Å². The summed E-state index contributed by atoms with van der Waals surface area (Å²) >= 11 is 0. The zero-order chi connectivity index (χ0) is 15.2. The second-order valence-corrected chi connectivity index (χ2v) is 4.59. The van der Waals surface area contributed by atoms with Crippen molar-refractivity contribution in [1.82, 2.24) is 5.32 Å². The molecule has 2 aromatic carbocycles. The van der Waals surface area contributed by atoms with E-state index in [1.807, 2.05) is 0 Å². The van der Waals surface area contributed by atoms with Gasteiger partial charge >= 0.3 is 0 Å². The van der Waals surface area contributed by atoms with Crippen LogP contribution in [0.4, 0.5) is 13.2 Å². The summed E-state index contributed by atoms with van der Waals surface area (Å²) in [6, 6.07) is 9.76. The van der Waals surface area contributed by atoms with Crippen molar-refractivity contribution in [3.63, 3.8) is 0 Å². The van der Waals surface area contributed by atoms with Gasteiger partial charge < -0.3 is 10.1 Å². The van der Waals surface area contributed by atoms with Crippen LogP contribution in [0.25, 0.3) is 0 Å². The molecule has 0 heterocycles. The molecule has 2 nitrogen and oxygen atoms in total. The molecule has 0 saturated heterocycles. The average Bonchev–Trinajstić information content (AvgIpc) is 2.49. The number of hydrogen-bond acceptors (Lipinski definition) is 2. The minimum Gasteiger partial charge on any atom is -0.375 e. The first-order valence-corrected chi connectivity index (χ1v) is 6.55. The highest BCUT2D eigenvalue weighted by Crippen LogP contribution is 2.20. The average molecular weight is 295 g/mol. The van der Waals surface area contributed by atoms with Crippen LogP contribution in [0.15, 0.2) is 42.5 Å². The molecule has 0 spiro atoms. The number of likely N-dealkylation sites (N-methyl/N-ethyl adjacent to an activating group) is 1. The van der Waals surface area contributed by atoms with E-state index in [0.29, 0.717) is 5.56 Å². The Morgan fingerprint density at radius 2 is 1.71 bits per heavy atom. The van der Waals surface area contributed by atoms with Gasteiger partial charge in [-0.3, -0.25) is 0 Å². The summed E-state index contributed by atoms with van der Waals surface area (Å²) in [5, 5.41) is 2.86. The number of hydrogen-bond donors (Lipinski definition) is 1. The topological polar surface area (TPSA) is 21.3 Å². The van der Waals surface area contributed by atoms with Gasteiger partial charge in [0.1, 0.15) is 5.82 Å². The van der Waals surface area contributed by atoms with Crippen LogP contribution in [0, 0.1) is 17.5 Å². The monoisotopic (exact) mass is 295 g/mol. The smallest absolute Gasteiger partial charge is 0.163 e. The van der Waals surface area contributed by atoms with E-state index in [4.69, 9.17) is 4.74 Å². The Morgan fingerprint density at radius 1 is 1.00 bits per heavy atom. The highest BCUT2D eigenvalue weighted by Gasteiger charge is 2.17. The normalized spacial score (nSPS) is 12.4. The van der Waals surface area contributed by atoms with Crippen LogP contribution in [-0.4, -0.2) is 13.7 Å². The highest BCUT2D eigenvalue weighted by molar-refractivity contribution is 5.22. The molecule has 1 unspecified atom stereocenters. The first kappa shape index (κ1) is 15.5. The maximum absolute atomic E-state index is 13.7. The second kappa shape index (κ2) is 7.24. The van der Waals surface area contributed by atoms with E-state index in [2.05, 4.69) is 5.32 Å². The van der Waals surface area contributed by atoms with Gasteiger partial charge in [0.15, 0.2) is 11.6 Å². The fourth-order valence-corrected chi connectivity index (χ4v) is 2.02. The molecule has 0 radical (unpaired) electrons. The molecule has 1 N–H and O–H groups in total. The van der Waals surface area contributed by atoms with Gasteiger partial charge in [-0.25, -0.2) is 13.2 Å². The predicted molar refractivity (Wildman–Crippen MR) is 74.2 cm³/mol. The highest BCUT2D eigenvalue weighted by atomic mass is 19.2. The standard InChI is InChI=1S/C16H16F3NO/c1-20-15(12-6-4-8-14(18)16(12)19)10-21-9-11-5-2-3-7-13(11)17/h2-8,15,20H,9-10H2,1H3.